The van der Waals surface area contributed by atoms with Gasteiger partial charge in [-0.15, -0.1) is 0 Å². The van der Waals surface area contributed by atoms with Crippen molar-refractivity contribution >= 4 is 15.4 Å². The first-order valence-corrected chi connectivity index (χ1v) is 19.1. The molecule has 232 valence electrons. The zero-order chi connectivity index (χ0) is 32.3. The standard InChI is InChI=1S/C41H43BO3Si/c1-39(2,3)46(4,5)43-38(33-21-11-6-12-22-33)31-32-42-44-40(34-23-13-7-14-24-34,35-25-15-8-16-26-35)41(45-42,36-27-17-9-18-28-36)37-29-19-10-20-30-37/h6-32,38H,1-5H3/b32-31+/t38-/m1/s1. The van der Waals surface area contributed by atoms with E-state index in [9.17, 15) is 0 Å². The monoisotopic (exact) mass is 622 g/mol. The van der Waals surface area contributed by atoms with Gasteiger partial charge in [-0.2, -0.15) is 0 Å². The van der Waals surface area contributed by atoms with Crippen LogP contribution in [0.3, 0.4) is 0 Å². The Kier molecular flexibility index (Phi) is 9.04. The van der Waals surface area contributed by atoms with E-state index in [1.165, 1.54) is 0 Å². The van der Waals surface area contributed by atoms with Crippen LogP contribution in [-0.2, 0) is 24.9 Å². The minimum atomic E-state index is -2.13. The Morgan fingerprint density at radius 3 is 1.22 bits per heavy atom. The van der Waals surface area contributed by atoms with Gasteiger partial charge in [-0.3, -0.25) is 0 Å². The van der Waals surface area contributed by atoms with Gasteiger partial charge in [-0.1, -0.05) is 184 Å². The van der Waals surface area contributed by atoms with Crippen LogP contribution in [0.4, 0.5) is 0 Å². The molecular formula is C41H43BO3Si. The van der Waals surface area contributed by atoms with E-state index in [-0.39, 0.29) is 11.1 Å². The molecule has 0 bridgehead atoms. The van der Waals surface area contributed by atoms with E-state index < -0.39 is 26.6 Å². The van der Waals surface area contributed by atoms with Crippen LogP contribution in [0.25, 0.3) is 0 Å². The van der Waals surface area contributed by atoms with Gasteiger partial charge in [0.1, 0.15) is 11.2 Å². The lowest BCUT2D eigenvalue weighted by Crippen LogP contribution is -2.48. The average Bonchev–Trinajstić information content (AvgIpc) is 3.45. The van der Waals surface area contributed by atoms with Crippen LogP contribution in [0.15, 0.2) is 164 Å². The first-order chi connectivity index (χ1) is 22.2. The highest BCUT2D eigenvalue weighted by atomic mass is 28.4. The Hall–Kier alpha value is -4.00. The lowest BCUT2D eigenvalue weighted by atomic mass is 9.66. The minimum absolute atomic E-state index is 0.0553. The molecule has 1 heterocycles. The molecular weight excluding hydrogens is 579 g/mol. The maximum atomic E-state index is 7.38. The van der Waals surface area contributed by atoms with E-state index in [1.54, 1.807) is 0 Å². The van der Waals surface area contributed by atoms with Crippen molar-refractivity contribution in [3.8, 4) is 0 Å². The van der Waals surface area contributed by atoms with E-state index in [2.05, 4.69) is 167 Å². The third kappa shape index (κ3) is 5.85. The van der Waals surface area contributed by atoms with Gasteiger partial charge in [0.05, 0.1) is 6.10 Å². The summed E-state index contributed by atoms with van der Waals surface area (Å²) in [6, 6.07) is 52.4. The zero-order valence-electron chi connectivity index (χ0n) is 27.5. The molecule has 0 saturated carbocycles. The Bertz CT molecular complexity index is 1550. The molecule has 1 atom stereocenters. The molecule has 1 fully saturated rings. The Balaban J connectivity index is 1.56. The van der Waals surface area contributed by atoms with Crippen LogP contribution in [-0.4, -0.2) is 15.4 Å². The summed E-state index contributed by atoms with van der Waals surface area (Å²) in [6.45, 7) is 11.4. The molecule has 5 heteroatoms. The normalized spacial score (nSPS) is 16.8. The van der Waals surface area contributed by atoms with Crippen LogP contribution in [0, 0.1) is 0 Å². The van der Waals surface area contributed by atoms with Crippen molar-refractivity contribution in [1.29, 1.82) is 0 Å². The Morgan fingerprint density at radius 1 is 0.565 bits per heavy atom. The van der Waals surface area contributed by atoms with E-state index >= 15 is 0 Å². The molecule has 0 aliphatic carbocycles. The summed E-state index contributed by atoms with van der Waals surface area (Å²) in [5.41, 5.74) is 3.13. The molecule has 0 radical (unpaired) electrons. The fourth-order valence-corrected chi connectivity index (χ4v) is 7.48. The van der Waals surface area contributed by atoms with Crippen molar-refractivity contribution in [3.05, 3.63) is 192 Å². The fourth-order valence-electron chi connectivity index (χ4n) is 6.27. The number of hydrogen-bond acceptors (Lipinski definition) is 3. The first-order valence-electron chi connectivity index (χ1n) is 16.2. The molecule has 46 heavy (non-hydrogen) atoms. The van der Waals surface area contributed by atoms with Gasteiger partial charge in [0.25, 0.3) is 0 Å². The second kappa shape index (κ2) is 13.0. The number of benzene rings is 5. The summed E-state index contributed by atoms with van der Waals surface area (Å²) in [4.78, 5) is 0. The number of rotatable bonds is 9. The first kappa shape index (κ1) is 32.0. The molecule has 0 spiro atoms. The topological polar surface area (TPSA) is 27.7 Å². The summed E-state index contributed by atoms with van der Waals surface area (Å²) in [6.07, 6.45) is 1.88. The van der Waals surface area contributed by atoms with Crippen LogP contribution < -0.4 is 0 Å². The summed E-state index contributed by atoms with van der Waals surface area (Å²) in [7, 11) is -2.81. The maximum absolute atomic E-state index is 7.38. The molecule has 5 aromatic carbocycles. The quantitative estimate of drug-likeness (QED) is 0.153. The third-order valence-corrected chi connectivity index (χ3v) is 14.1. The van der Waals surface area contributed by atoms with Gasteiger partial charge < -0.3 is 13.7 Å². The van der Waals surface area contributed by atoms with Crippen LogP contribution in [0.5, 0.6) is 0 Å². The van der Waals surface area contributed by atoms with Gasteiger partial charge in [0.2, 0.25) is 0 Å². The van der Waals surface area contributed by atoms with Crippen molar-refractivity contribution in [2.45, 2.75) is 56.2 Å². The molecule has 1 aliphatic rings. The molecule has 0 aromatic heterocycles. The predicted octanol–water partition coefficient (Wildman–Crippen LogP) is 10.3. The Morgan fingerprint density at radius 2 is 0.891 bits per heavy atom. The molecule has 1 saturated heterocycles. The third-order valence-electron chi connectivity index (χ3n) is 9.60. The van der Waals surface area contributed by atoms with Gasteiger partial charge in [0, 0.05) is 0 Å². The Labute approximate surface area is 276 Å². The fraction of sp³-hybridized carbons (Fsp3) is 0.220. The van der Waals surface area contributed by atoms with Crippen molar-refractivity contribution in [2.24, 2.45) is 0 Å². The maximum Gasteiger partial charge on any atom is 0.487 e. The molecule has 0 amide bonds. The smallest absolute Gasteiger partial charge is 0.407 e. The highest BCUT2D eigenvalue weighted by Gasteiger charge is 2.65. The summed E-state index contributed by atoms with van der Waals surface area (Å²) in [5.74, 6) is 2.05. The SMILES string of the molecule is CC(C)(C)[Si](C)(C)O[C@H](/C=C/B1OC(c2ccccc2)(c2ccccc2)C(c2ccccc2)(c2ccccc2)O1)c1ccccc1. The van der Waals surface area contributed by atoms with Crippen LogP contribution in [0.1, 0.15) is 54.7 Å². The van der Waals surface area contributed by atoms with Gasteiger partial charge >= 0.3 is 7.12 Å². The average molecular weight is 623 g/mol. The van der Waals surface area contributed by atoms with Crippen molar-refractivity contribution in [3.63, 3.8) is 0 Å². The minimum Gasteiger partial charge on any atom is -0.407 e. The van der Waals surface area contributed by atoms with Gasteiger partial charge in [-0.05, 0) is 45.9 Å². The van der Waals surface area contributed by atoms with E-state index in [4.69, 9.17) is 13.7 Å². The summed E-state index contributed by atoms with van der Waals surface area (Å²) < 4.78 is 21.8. The highest BCUT2D eigenvalue weighted by molar-refractivity contribution is 6.74. The predicted molar refractivity (Wildman–Crippen MR) is 192 cm³/mol. The van der Waals surface area contributed by atoms with Crippen LogP contribution >= 0.6 is 0 Å². The van der Waals surface area contributed by atoms with Gasteiger partial charge in [0.15, 0.2) is 8.32 Å². The van der Waals surface area contributed by atoms with E-state index in [0.717, 1.165) is 27.8 Å². The van der Waals surface area contributed by atoms with E-state index in [0.29, 0.717) is 0 Å². The second-order valence-corrected chi connectivity index (χ2v) is 18.3. The molecule has 3 nitrogen and oxygen atoms in total. The highest BCUT2D eigenvalue weighted by Crippen LogP contribution is 2.59. The molecule has 0 N–H and O–H groups in total. The van der Waals surface area contributed by atoms with Crippen molar-refractivity contribution in [2.75, 3.05) is 0 Å². The lowest BCUT2D eigenvalue weighted by molar-refractivity contribution is 0.00370. The molecule has 1 aliphatic heterocycles. The largest absolute Gasteiger partial charge is 0.487 e. The van der Waals surface area contributed by atoms with Crippen molar-refractivity contribution < 1.29 is 13.7 Å². The van der Waals surface area contributed by atoms with Crippen LogP contribution in [0.2, 0.25) is 18.1 Å². The summed E-state index contributed by atoms with van der Waals surface area (Å²) in [5, 5.41) is 0.0553. The molecule has 0 unspecified atom stereocenters. The number of hydrogen-bond donors (Lipinski definition) is 0. The summed E-state index contributed by atoms with van der Waals surface area (Å²) >= 11 is 0. The van der Waals surface area contributed by atoms with E-state index in [1.807, 2.05) is 30.3 Å². The molecule has 6 rings (SSSR count). The molecule has 5 aromatic rings. The zero-order valence-corrected chi connectivity index (χ0v) is 28.5. The lowest BCUT2D eigenvalue weighted by Gasteiger charge is -2.46. The van der Waals surface area contributed by atoms with Gasteiger partial charge in [-0.25, -0.2) is 0 Å². The van der Waals surface area contributed by atoms with Crippen molar-refractivity contribution in [1.82, 2.24) is 0 Å². The second-order valence-electron chi connectivity index (χ2n) is 13.5.